The van der Waals surface area contributed by atoms with Crippen molar-refractivity contribution >= 4 is 22.0 Å². The van der Waals surface area contributed by atoms with E-state index in [0.717, 1.165) is 61.5 Å². The van der Waals surface area contributed by atoms with Gasteiger partial charge in [-0.15, -0.1) is 0 Å². The summed E-state index contributed by atoms with van der Waals surface area (Å²) in [7, 11) is 0. The minimum absolute atomic E-state index is 0.230. The standard InChI is InChI=1S/C42H30N2O/c1-42(2)34-21-13-12-20-32(34)38-39-40(45-41(38)42)33-24-29(22-23-37(33)44(39)31-18-10-5-11-19-31)36-26-30(27-14-6-3-7-15-27)25-35(43-36)28-16-8-4-9-17-28/h3-26H,1-2H3. The molecule has 0 spiro atoms. The molecule has 1 aliphatic carbocycles. The molecule has 0 unspecified atom stereocenters. The molecule has 0 saturated carbocycles. The number of pyridine rings is 1. The first-order chi connectivity index (χ1) is 22.1. The van der Waals surface area contributed by atoms with Gasteiger partial charge >= 0.3 is 0 Å². The lowest BCUT2D eigenvalue weighted by molar-refractivity contribution is 0.466. The second-order valence-corrected chi connectivity index (χ2v) is 12.4. The smallest absolute Gasteiger partial charge is 0.161 e. The van der Waals surface area contributed by atoms with Gasteiger partial charge in [-0.3, -0.25) is 0 Å². The van der Waals surface area contributed by atoms with Gasteiger partial charge in [-0.05, 0) is 72.5 Å². The predicted molar refractivity (Wildman–Crippen MR) is 185 cm³/mol. The number of hydrogen-bond acceptors (Lipinski definition) is 2. The van der Waals surface area contributed by atoms with Crippen LogP contribution >= 0.6 is 0 Å². The Labute approximate surface area is 262 Å². The van der Waals surface area contributed by atoms with Gasteiger partial charge in [0.05, 0.1) is 16.9 Å². The van der Waals surface area contributed by atoms with E-state index < -0.39 is 0 Å². The molecule has 0 radical (unpaired) electrons. The lowest BCUT2D eigenvalue weighted by Crippen LogP contribution is -2.14. The molecule has 8 aromatic rings. The molecule has 0 fully saturated rings. The molecule has 0 amide bonds. The van der Waals surface area contributed by atoms with Gasteiger partial charge < -0.3 is 8.98 Å². The lowest BCUT2D eigenvalue weighted by atomic mass is 9.86. The van der Waals surface area contributed by atoms with Crippen molar-refractivity contribution in [3.05, 3.63) is 157 Å². The fourth-order valence-corrected chi connectivity index (χ4v) is 7.15. The Hall–Kier alpha value is -5.67. The molecule has 214 valence electrons. The van der Waals surface area contributed by atoms with Gasteiger partial charge in [-0.2, -0.15) is 0 Å². The lowest BCUT2D eigenvalue weighted by Gasteiger charge is -2.18. The van der Waals surface area contributed by atoms with E-state index in [1.54, 1.807) is 0 Å². The predicted octanol–water partition coefficient (Wildman–Crippen LogP) is 11.1. The largest absolute Gasteiger partial charge is 0.457 e. The summed E-state index contributed by atoms with van der Waals surface area (Å²) >= 11 is 0. The van der Waals surface area contributed by atoms with E-state index in [0.29, 0.717) is 0 Å². The van der Waals surface area contributed by atoms with Crippen LogP contribution in [0.3, 0.4) is 0 Å². The minimum atomic E-state index is -0.230. The number of furan rings is 1. The molecule has 9 rings (SSSR count). The molecule has 1 aliphatic rings. The van der Waals surface area contributed by atoms with Crippen LogP contribution in [0.2, 0.25) is 0 Å². The van der Waals surface area contributed by atoms with Crippen LogP contribution in [0, 0.1) is 0 Å². The van der Waals surface area contributed by atoms with Gasteiger partial charge in [-0.25, -0.2) is 4.98 Å². The summed E-state index contributed by atoms with van der Waals surface area (Å²) in [5.74, 6) is 1.03. The van der Waals surface area contributed by atoms with Crippen LogP contribution in [0.1, 0.15) is 25.2 Å². The molecule has 3 heteroatoms. The zero-order chi connectivity index (χ0) is 30.1. The van der Waals surface area contributed by atoms with E-state index in [-0.39, 0.29) is 5.41 Å². The van der Waals surface area contributed by atoms with E-state index in [1.807, 2.05) is 6.07 Å². The number of fused-ring (bicyclic) bond motifs is 7. The highest BCUT2D eigenvalue weighted by atomic mass is 16.3. The normalized spacial score (nSPS) is 13.3. The van der Waals surface area contributed by atoms with Gasteiger partial charge in [0.15, 0.2) is 5.58 Å². The maximum absolute atomic E-state index is 6.96. The Morgan fingerprint density at radius 1 is 0.578 bits per heavy atom. The number of benzene rings is 5. The first-order valence-corrected chi connectivity index (χ1v) is 15.5. The summed E-state index contributed by atoms with van der Waals surface area (Å²) < 4.78 is 9.33. The van der Waals surface area contributed by atoms with Crippen molar-refractivity contribution in [1.29, 1.82) is 0 Å². The van der Waals surface area contributed by atoms with Crippen molar-refractivity contribution in [2.75, 3.05) is 0 Å². The zero-order valence-electron chi connectivity index (χ0n) is 25.2. The Morgan fingerprint density at radius 3 is 1.93 bits per heavy atom. The first-order valence-electron chi connectivity index (χ1n) is 15.5. The molecule has 3 aromatic heterocycles. The molecular formula is C42H30N2O. The average molecular weight is 579 g/mol. The zero-order valence-corrected chi connectivity index (χ0v) is 25.2. The minimum Gasteiger partial charge on any atom is -0.457 e. The molecule has 45 heavy (non-hydrogen) atoms. The van der Waals surface area contributed by atoms with Crippen molar-refractivity contribution in [2.24, 2.45) is 0 Å². The van der Waals surface area contributed by atoms with Crippen LogP contribution in [-0.4, -0.2) is 9.55 Å². The third-order valence-corrected chi connectivity index (χ3v) is 9.34. The van der Waals surface area contributed by atoms with Gasteiger partial charge in [0.25, 0.3) is 0 Å². The summed E-state index contributed by atoms with van der Waals surface area (Å²) in [4.78, 5) is 5.22. The van der Waals surface area contributed by atoms with E-state index in [1.165, 1.54) is 22.3 Å². The Balaban J connectivity index is 1.33. The van der Waals surface area contributed by atoms with E-state index in [4.69, 9.17) is 9.40 Å². The van der Waals surface area contributed by atoms with Crippen LogP contribution < -0.4 is 0 Å². The monoisotopic (exact) mass is 578 g/mol. The van der Waals surface area contributed by atoms with Gasteiger partial charge in [0.1, 0.15) is 11.3 Å². The summed E-state index contributed by atoms with van der Waals surface area (Å²) in [6, 6.07) is 51.4. The van der Waals surface area contributed by atoms with Crippen molar-refractivity contribution in [1.82, 2.24) is 9.55 Å². The van der Waals surface area contributed by atoms with Crippen LogP contribution in [-0.2, 0) is 5.41 Å². The highest BCUT2D eigenvalue weighted by Gasteiger charge is 2.42. The topological polar surface area (TPSA) is 31.0 Å². The van der Waals surface area contributed by atoms with Gasteiger partial charge in [-0.1, -0.05) is 109 Å². The van der Waals surface area contributed by atoms with Crippen LogP contribution in [0.25, 0.3) is 72.5 Å². The molecule has 3 nitrogen and oxygen atoms in total. The second-order valence-electron chi connectivity index (χ2n) is 12.4. The highest BCUT2D eigenvalue weighted by Crippen LogP contribution is 2.55. The van der Waals surface area contributed by atoms with E-state index >= 15 is 0 Å². The number of hydrogen-bond donors (Lipinski definition) is 0. The average Bonchev–Trinajstić information content (AvgIpc) is 3.71. The maximum atomic E-state index is 6.96. The SMILES string of the molecule is CC1(C)c2ccccc2-c2c1oc1c3cc(-c4cc(-c5ccccc5)cc(-c5ccccc5)n4)ccc3n(-c3ccccc3)c21. The molecule has 5 aromatic carbocycles. The molecule has 3 heterocycles. The fourth-order valence-electron chi connectivity index (χ4n) is 7.15. The van der Waals surface area contributed by atoms with Crippen molar-refractivity contribution in [3.8, 4) is 50.5 Å². The van der Waals surface area contributed by atoms with Crippen molar-refractivity contribution in [3.63, 3.8) is 0 Å². The second kappa shape index (κ2) is 9.67. The fraction of sp³-hybridized carbons (Fsp3) is 0.0714. The maximum Gasteiger partial charge on any atom is 0.161 e. The molecule has 0 saturated heterocycles. The molecular weight excluding hydrogens is 548 g/mol. The third-order valence-electron chi connectivity index (χ3n) is 9.34. The Bertz CT molecular complexity index is 2320. The van der Waals surface area contributed by atoms with Gasteiger partial charge in [0.2, 0.25) is 0 Å². The Kier molecular flexibility index (Phi) is 5.54. The number of rotatable bonds is 4. The molecule has 0 aliphatic heterocycles. The summed E-state index contributed by atoms with van der Waals surface area (Å²) in [5.41, 5.74) is 14.1. The number of para-hydroxylation sites is 1. The molecule has 0 N–H and O–H groups in total. The first kappa shape index (κ1) is 25.8. The number of nitrogens with zero attached hydrogens (tertiary/aromatic N) is 2. The van der Waals surface area contributed by atoms with Crippen LogP contribution in [0.4, 0.5) is 0 Å². The summed E-state index contributed by atoms with van der Waals surface area (Å²) in [5, 5.41) is 1.09. The van der Waals surface area contributed by atoms with E-state index in [2.05, 4.69) is 158 Å². The van der Waals surface area contributed by atoms with Crippen LogP contribution in [0.5, 0.6) is 0 Å². The third kappa shape index (κ3) is 3.87. The van der Waals surface area contributed by atoms with E-state index in [9.17, 15) is 0 Å². The summed E-state index contributed by atoms with van der Waals surface area (Å²) in [6.45, 7) is 4.54. The number of aromatic nitrogens is 2. The summed E-state index contributed by atoms with van der Waals surface area (Å²) in [6.07, 6.45) is 0. The van der Waals surface area contributed by atoms with Crippen molar-refractivity contribution in [2.45, 2.75) is 19.3 Å². The quantitative estimate of drug-likeness (QED) is 0.208. The van der Waals surface area contributed by atoms with Gasteiger partial charge in [0, 0.05) is 33.2 Å². The highest BCUT2D eigenvalue weighted by molar-refractivity contribution is 6.14. The van der Waals surface area contributed by atoms with Crippen LogP contribution in [0.15, 0.2) is 150 Å². The Morgan fingerprint density at radius 2 is 1.20 bits per heavy atom. The van der Waals surface area contributed by atoms with Crippen molar-refractivity contribution < 1.29 is 4.42 Å². The molecule has 0 atom stereocenters. The molecule has 0 bridgehead atoms.